The van der Waals surface area contributed by atoms with Crippen LogP contribution in [0.5, 0.6) is 0 Å². The van der Waals surface area contributed by atoms with Crippen LogP contribution < -0.4 is 10.5 Å². The summed E-state index contributed by atoms with van der Waals surface area (Å²) in [6.07, 6.45) is 0. The standard InChI is InChI=1S/C13H16N2O5S/c1-13(2)9(10(13)12(17)18)11(16)15-7-4-3-5-8(6-7)21(14,19)20/h3-6,9-10H,1-2H3,(H,15,16)(H,17,18)(H2,14,19,20)/t9-,10-/m0/s1. The highest BCUT2D eigenvalue weighted by Gasteiger charge is 2.65. The summed E-state index contributed by atoms with van der Waals surface area (Å²) < 4.78 is 22.5. The van der Waals surface area contributed by atoms with E-state index in [-0.39, 0.29) is 10.6 Å². The molecule has 21 heavy (non-hydrogen) atoms. The molecule has 1 amide bonds. The number of carboxylic acid groups (broad SMARTS) is 1. The van der Waals surface area contributed by atoms with Crippen molar-refractivity contribution >= 4 is 27.6 Å². The van der Waals surface area contributed by atoms with Crippen LogP contribution in [0.25, 0.3) is 0 Å². The van der Waals surface area contributed by atoms with Gasteiger partial charge in [-0.15, -0.1) is 0 Å². The van der Waals surface area contributed by atoms with E-state index in [1.165, 1.54) is 24.3 Å². The van der Waals surface area contributed by atoms with Crippen molar-refractivity contribution in [1.29, 1.82) is 0 Å². The van der Waals surface area contributed by atoms with Crippen molar-refractivity contribution in [2.75, 3.05) is 5.32 Å². The summed E-state index contributed by atoms with van der Waals surface area (Å²) in [5.41, 5.74) is -0.355. The SMILES string of the molecule is CC1(C)[C@H](C(=O)O)[C@H]1C(=O)Nc1cccc(S(N)(=O)=O)c1. The monoisotopic (exact) mass is 312 g/mol. The van der Waals surface area contributed by atoms with Crippen LogP contribution in [0, 0.1) is 17.3 Å². The van der Waals surface area contributed by atoms with E-state index in [4.69, 9.17) is 10.2 Å². The second-order valence-corrected chi connectivity index (χ2v) is 7.24. The normalized spacial score (nSPS) is 23.4. The van der Waals surface area contributed by atoms with E-state index in [0.717, 1.165) is 0 Å². The van der Waals surface area contributed by atoms with Crippen LogP contribution in [-0.4, -0.2) is 25.4 Å². The third kappa shape index (κ3) is 2.91. The van der Waals surface area contributed by atoms with Crippen LogP contribution in [0.2, 0.25) is 0 Å². The molecule has 1 aliphatic carbocycles. The lowest BCUT2D eigenvalue weighted by Gasteiger charge is -2.07. The summed E-state index contributed by atoms with van der Waals surface area (Å²) in [5, 5.41) is 16.6. The van der Waals surface area contributed by atoms with Gasteiger partial charge in [0.1, 0.15) is 0 Å². The maximum Gasteiger partial charge on any atom is 0.307 e. The lowest BCUT2D eigenvalue weighted by molar-refractivity contribution is -0.140. The highest BCUT2D eigenvalue weighted by Crippen LogP contribution is 2.58. The molecule has 0 aromatic heterocycles. The number of carbonyl (C=O) groups is 2. The van der Waals surface area contributed by atoms with E-state index in [0.29, 0.717) is 0 Å². The zero-order valence-electron chi connectivity index (χ0n) is 11.5. The Balaban J connectivity index is 2.17. The summed E-state index contributed by atoms with van der Waals surface area (Å²) in [7, 11) is -3.86. The molecular formula is C13H16N2O5S. The minimum Gasteiger partial charge on any atom is -0.481 e. The molecule has 4 N–H and O–H groups in total. The average Bonchev–Trinajstić information content (AvgIpc) is 2.92. The first-order valence-electron chi connectivity index (χ1n) is 6.21. The first-order valence-corrected chi connectivity index (χ1v) is 7.76. The fourth-order valence-electron chi connectivity index (χ4n) is 2.56. The minimum atomic E-state index is -3.86. The lowest BCUT2D eigenvalue weighted by atomic mass is 10.1. The van der Waals surface area contributed by atoms with E-state index in [1.54, 1.807) is 13.8 Å². The van der Waals surface area contributed by atoms with E-state index in [1.807, 2.05) is 0 Å². The maximum atomic E-state index is 12.1. The third-order valence-electron chi connectivity index (χ3n) is 3.81. The largest absolute Gasteiger partial charge is 0.481 e. The number of nitrogens with two attached hydrogens (primary N) is 1. The molecule has 8 heteroatoms. The third-order valence-corrected chi connectivity index (χ3v) is 4.72. The molecule has 0 saturated heterocycles. The van der Waals surface area contributed by atoms with Gasteiger partial charge in [0.05, 0.1) is 16.7 Å². The average molecular weight is 312 g/mol. The molecule has 0 heterocycles. The molecule has 1 fully saturated rings. The van der Waals surface area contributed by atoms with Crippen molar-refractivity contribution in [3.8, 4) is 0 Å². The number of primary sulfonamides is 1. The number of carbonyl (C=O) groups excluding carboxylic acids is 1. The van der Waals surface area contributed by atoms with Crippen molar-refractivity contribution < 1.29 is 23.1 Å². The van der Waals surface area contributed by atoms with Crippen LogP contribution in [-0.2, 0) is 19.6 Å². The van der Waals surface area contributed by atoms with E-state index in [2.05, 4.69) is 5.32 Å². The number of benzene rings is 1. The molecule has 1 aromatic carbocycles. The summed E-state index contributed by atoms with van der Waals surface area (Å²) in [5.74, 6) is -2.84. The summed E-state index contributed by atoms with van der Waals surface area (Å²) >= 11 is 0. The van der Waals surface area contributed by atoms with Gasteiger partial charge < -0.3 is 10.4 Å². The Labute approximate surface area is 122 Å². The zero-order chi connectivity index (χ0) is 16.0. The van der Waals surface area contributed by atoms with Crippen LogP contribution >= 0.6 is 0 Å². The number of hydrogen-bond acceptors (Lipinski definition) is 4. The number of amides is 1. The minimum absolute atomic E-state index is 0.120. The molecular weight excluding hydrogens is 296 g/mol. The van der Waals surface area contributed by atoms with E-state index in [9.17, 15) is 18.0 Å². The maximum absolute atomic E-state index is 12.1. The number of hydrogen-bond donors (Lipinski definition) is 3. The number of carboxylic acids is 1. The van der Waals surface area contributed by atoms with Gasteiger partial charge in [0.2, 0.25) is 15.9 Å². The van der Waals surface area contributed by atoms with Crippen molar-refractivity contribution in [3.63, 3.8) is 0 Å². The molecule has 1 aromatic rings. The van der Waals surface area contributed by atoms with Crippen molar-refractivity contribution in [3.05, 3.63) is 24.3 Å². The van der Waals surface area contributed by atoms with Crippen molar-refractivity contribution in [2.45, 2.75) is 18.7 Å². The second kappa shape index (κ2) is 4.81. The smallest absolute Gasteiger partial charge is 0.307 e. The predicted molar refractivity (Wildman–Crippen MR) is 74.8 cm³/mol. The summed E-state index contributed by atoms with van der Waals surface area (Å²) in [6.45, 7) is 3.41. The molecule has 0 spiro atoms. The van der Waals surface area contributed by atoms with Crippen LogP contribution in [0.4, 0.5) is 5.69 Å². The Bertz CT molecular complexity index is 711. The number of aliphatic carboxylic acids is 1. The molecule has 0 bridgehead atoms. The van der Waals surface area contributed by atoms with Gasteiger partial charge in [-0.25, -0.2) is 13.6 Å². The number of anilines is 1. The van der Waals surface area contributed by atoms with Crippen molar-refractivity contribution in [2.24, 2.45) is 22.4 Å². The Morgan fingerprint density at radius 1 is 1.29 bits per heavy atom. The topological polar surface area (TPSA) is 127 Å². The molecule has 2 rings (SSSR count). The Morgan fingerprint density at radius 2 is 1.90 bits per heavy atom. The summed E-state index contributed by atoms with van der Waals surface area (Å²) in [4.78, 5) is 23.0. The van der Waals surface area contributed by atoms with Crippen molar-refractivity contribution in [1.82, 2.24) is 0 Å². The molecule has 0 aliphatic heterocycles. The Morgan fingerprint density at radius 3 is 2.38 bits per heavy atom. The Hall–Kier alpha value is -1.93. The van der Waals surface area contributed by atoms with Gasteiger partial charge in [0.15, 0.2) is 0 Å². The zero-order valence-corrected chi connectivity index (χ0v) is 12.3. The fraction of sp³-hybridized carbons (Fsp3) is 0.385. The quantitative estimate of drug-likeness (QED) is 0.751. The van der Waals surface area contributed by atoms with E-state index >= 15 is 0 Å². The van der Waals surface area contributed by atoms with Gasteiger partial charge in [-0.05, 0) is 23.6 Å². The van der Waals surface area contributed by atoms with Gasteiger partial charge in [-0.1, -0.05) is 19.9 Å². The molecule has 0 unspecified atom stereocenters. The molecule has 1 saturated carbocycles. The number of sulfonamides is 1. The van der Waals surface area contributed by atoms with Gasteiger partial charge in [-0.3, -0.25) is 9.59 Å². The van der Waals surface area contributed by atoms with Gasteiger partial charge in [0, 0.05) is 5.69 Å². The van der Waals surface area contributed by atoms with Gasteiger partial charge in [-0.2, -0.15) is 0 Å². The first-order chi connectivity index (χ1) is 9.55. The molecule has 1 aliphatic rings. The van der Waals surface area contributed by atoms with Crippen LogP contribution in [0.1, 0.15) is 13.8 Å². The summed E-state index contributed by atoms with van der Waals surface area (Å²) in [6, 6.07) is 5.50. The number of nitrogens with one attached hydrogen (secondary N) is 1. The second-order valence-electron chi connectivity index (χ2n) is 5.68. The highest BCUT2D eigenvalue weighted by molar-refractivity contribution is 7.89. The molecule has 2 atom stereocenters. The first kappa shape index (κ1) is 15.5. The van der Waals surface area contributed by atoms with Crippen LogP contribution in [0.15, 0.2) is 29.2 Å². The van der Waals surface area contributed by atoms with Gasteiger partial charge >= 0.3 is 5.97 Å². The molecule has 7 nitrogen and oxygen atoms in total. The lowest BCUT2D eigenvalue weighted by Crippen LogP contribution is -2.18. The molecule has 0 radical (unpaired) electrons. The Kier molecular flexibility index (Phi) is 3.54. The van der Waals surface area contributed by atoms with Crippen LogP contribution in [0.3, 0.4) is 0 Å². The van der Waals surface area contributed by atoms with E-state index < -0.39 is 39.2 Å². The highest BCUT2D eigenvalue weighted by atomic mass is 32.2. The predicted octanol–water partition coefficient (Wildman–Crippen LogP) is 0.629. The fourth-order valence-corrected chi connectivity index (χ4v) is 3.12. The molecule has 114 valence electrons. The number of rotatable bonds is 4. The van der Waals surface area contributed by atoms with Gasteiger partial charge in [0.25, 0.3) is 0 Å².